The zero-order valence-corrected chi connectivity index (χ0v) is 24.4. The molecule has 0 bridgehead atoms. The molecule has 2 aliphatic rings. The number of hydrogen-bond donors (Lipinski definition) is 2. The summed E-state index contributed by atoms with van der Waals surface area (Å²) < 4.78 is 72.6. The van der Waals surface area contributed by atoms with E-state index in [9.17, 15) is 21.6 Å². The number of nitrogens with zero attached hydrogens (tertiary/aromatic N) is 5. The van der Waals surface area contributed by atoms with Gasteiger partial charge in [0.15, 0.2) is 5.11 Å². The molecule has 0 amide bonds. The van der Waals surface area contributed by atoms with Crippen LogP contribution in [-0.4, -0.2) is 90.2 Å². The summed E-state index contributed by atoms with van der Waals surface area (Å²) in [5.74, 6) is 0.595. The number of rotatable bonds is 4. The smallest absolute Gasteiger partial charge is 0.379 e. The minimum absolute atomic E-state index is 0.207. The topological polar surface area (TPSA) is 107 Å². The predicted molar refractivity (Wildman–Crippen MR) is 157 cm³/mol. The standard InChI is InChI=1S/C26H25ClF3N7O3S2/c27-20-13-18-21(14-19(20)26(28,29)30)34-23-22(18)24(32-15-31-23)35-5-7-36(8-6-35)25(41)33-16-1-3-17(4-2-16)42(38,39)37-9-11-40-12-10-37/h1-4,13-15H,5-12H2,(H,33,41)(H,31,32,34). The highest BCUT2D eigenvalue weighted by Crippen LogP contribution is 2.40. The summed E-state index contributed by atoms with van der Waals surface area (Å²) in [6.07, 6.45) is -3.21. The fourth-order valence-electron chi connectivity index (χ4n) is 5.16. The van der Waals surface area contributed by atoms with Gasteiger partial charge < -0.3 is 24.8 Å². The van der Waals surface area contributed by atoms with Crippen LogP contribution in [0.1, 0.15) is 5.56 Å². The number of nitrogens with one attached hydrogen (secondary N) is 2. The average Bonchev–Trinajstić information content (AvgIpc) is 3.35. The Kier molecular flexibility index (Phi) is 7.64. The molecule has 2 N–H and O–H groups in total. The molecule has 0 aliphatic carbocycles. The van der Waals surface area contributed by atoms with Crippen molar-refractivity contribution < 1.29 is 26.3 Å². The van der Waals surface area contributed by atoms with Crippen LogP contribution in [0.5, 0.6) is 0 Å². The Morgan fingerprint density at radius 2 is 1.71 bits per heavy atom. The van der Waals surface area contributed by atoms with E-state index < -0.39 is 26.8 Å². The van der Waals surface area contributed by atoms with Crippen molar-refractivity contribution in [3.8, 4) is 0 Å². The van der Waals surface area contributed by atoms with Crippen molar-refractivity contribution in [1.82, 2.24) is 24.2 Å². The van der Waals surface area contributed by atoms with Crippen LogP contribution in [0, 0.1) is 0 Å². The van der Waals surface area contributed by atoms with Gasteiger partial charge in [-0.3, -0.25) is 0 Å². The maximum Gasteiger partial charge on any atom is 0.417 e. The lowest BCUT2D eigenvalue weighted by Crippen LogP contribution is -2.50. The van der Waals surface area contributed by atoms with Crippen molar-refractivity contribution >= 4 is 72.4 Å². The summed E-state index contributed by atoms with van der Waals surface area (Å²) in [5, 5.41) is 4.38. The van der Waals surface area contributed by atoms with Crippen LogP contribution in [0.25, 0.3) is 21.9 Å². The Hall–Kier alpha value is -3.24. The molecule has 42 heavy (non-hydrogen) atoms. The molecule has 0 spiro atoms. The molecule has 222 valence electrons. The highest BCUT2D eigenvalue weighted by Gasteiger charge is 2.34. The Bertz CT molecular complexity index is 1750. The number of ether oxygens (including phenoxy) is 1. The van der Waals surface area contributed by atoms with E-state index in [0.717, 1.165) is 6.07 Å². The van der Waals surface area contributed by atoms with Gasteiger partial charge in [0.2, 0.25) is 10.0 Å². The third kappa shape index (κ3) is 5.46. The third-order valence-electron chi connectivity index (χ3n) is 7.34. The van der Waals surface area contributed by atoms with Gasteiger partial charge in [0.1, 0.15) is 17.8 Å². The first-order valence-electron chi connectivity index (χ1n) is 13.0. The van der Waals surface area contributed by atoms with Gasteiger partial charge in [0.05, 0.1) is 34.1 Å². The summed E-state index contributed by atoms with van der Waals surface area (Å²) in [6, 6.07) is 8.77. The van der Waals surface area contributed by atoms with Gasteiger partial charge in [0, 0.05) is 55.9 Å². The van der Waals surface area contributed by atoms with Crippen LogP contribution in [-0.2, 0) is 20.9 Å². The van der Waals surface area contributed by atoms with Crippen LogP contribution in [0.3, 0.4) is 0 Å². The zero-order valence-electron chi connectivity index (χ0n) is 22.0. The van der Waals surface area contributed by atoms with Crippen LogP contribution in [0.4, 0.5) is 24.7 Å². The number of anilines is 2. The van der Waals surface area contributed by atoms with E-state index >= 15 is 0 Å². The molecule has 0 radical (unpaired) electrons. The lowest BCUT2D eigenvalue weighted by atomic mass is 10.1. The molecule has 16 heteroatoms. The Morgan fingerprint density at radius 3 is 2.38 bits per heavy atom. The number of morpholine rings is 1. The summed E-state index contributed by atoms with van der Waals surface area (Å²) in [6.45, 7) is 3.61. The van der Waals surface area contributed by atoms with E-state index in [1.54, 1.807) is 24.3 Å². The van der Waals surface area contributed by atoms with Crippen LogP contribution >= 0.6 is 23.8 Å². The summed E-state index contributed by atoms with van der Waals surface area (Å²) in [7, 11) is -3.59. The lowest BCUT2D eigenvalue weighted by Gasteiger charge is -2.37. The second-order valence-electron chi connectivity index (χ2n) is 9.87. The minimum atomic E-state index is -4.58. The SMILES string of the molecule is O=S(=O)(c1ccc(NC(=S)N2CCN(c3ncnc4[nH]c5cc(C(F)(F)F)c(Cl)cc5c34)CC2)cc1)N1CCOCC1. The van der Waals surface area contributed by atoms with E-state index in [4.69, 9.17) is 28.6 Å². The van der Waals surface area contributed by atoms with Gasteiger partial charge in [-0.05, 0) is 48.6 Å². The number of benzene rings is 2. The van der Waals surface area contributed by atoms with Crippen molar-refractivity contribution in [3.05, 3.63) is 53.3 Å². The molecule has 4 aromatic rings. The van der Waals surface area contributed by atoms with Crippen molar-refractivity contribution in [3.63, 3.8) is 0 Å². The second-order valence-corrected chi connectivity index (χ2v) is 12.6. The Labute approximate surface area is 249 Å². The van der Waals surface area contributed by atoms with E-state index in [2.05, 4.69) is 20.3 Å². The first-order chi connectivity index (χ1) is 20.0. The Balaban J connectivity index is 1.14. The summed E-state index contributed by atoms with van der Waals surface area (Å²) in [4.78, 5) is 15.9. The quantitative estimate of drug-likeness (QED) is 0.316. The van der Waals surface area contributed by atoms with E-state index in [-0.39, 0.29) is 10.4 Å². The summed E-state index contributed by atoms with van der Waals surface area (Å²) >= 11 is 11.6. The molecular weight excluding hydrogens is 615 g/mol. The van der Waals surface area contributed by atoms with Crippen LogP contribution < -0.4 is 10.2 Å². The number of alkyl halides is 3. The van der Waals surface area contributed by atoms with Gasteiger partial charge in [0.25, 0.3) is 0 Å². The molecule has 2 saturated heterocycles. The number of sulfonamides is 1. The second kappa shape index (κ2) is 11.1. The van der Waals surface area contributed by atoms with Gasteiger partial charge >= 0.3 is 6.18 Å². The zero-order chi connectivity index (χ0) is 29.6. The molecule has 0 saturated carbocycles. The molecule has 6 rings (SSSR count). The lowest BCUT2D eigenvalue weighted by molar-refractivity contribution is -0.137. The third-order valence-corrected chi connectivity index (χ3v) is 9.93. The number of aromatic amines is 1. The Morgan fingerprint density at radius 1 is 1.02 bits per heavy atom. The van der Waals surface area contributed by atoms with E-state index in [0.29, 0.717) is 85.5 Å². The number of piperazine rings is 1. The first kappa shape index (κ1) is 28.9. The number of aromatic nitrogens is 3. The van der Waals surface area contributed by atoms with Gasteiger partial charge in [-0.15, -0.1) is 0 Å². The van der Waals surface area contributed by atoms with E-state index in [1.165, 1.54) is 16.7 Å². The predicted octanol–water partition coefficient (Wildman–Crippen LogP) is 4.32. The van der Waals surface area contributed by atoms with Crippen molar-refractivity contribution in [2.75, 3.05) is 62.7 Å². The van der Waals surface area contributed by atoms with Crippen molar-refractivity contribution in [2.45, 2.75) is 11.1 Å². The minimum Gasteiger partial charge on any atom is -0.379 e. The van der Waals surface area contributed by atoms with Gasteiger partial charge in [-0.2, -0.15) is 17.5 Å². The molecule has 2 fully saturated rings. The molecule has 10 nitrogen and oxygen atoms in total. The molecule has 0 unspecified atom stereocenters. The highest BCUT2D eigenvalue weighted by atomic mass is 35.5. The van der Waals surface area contributed by atoms with Gasteiger partial charge in [-0.1, -0.05) is 11.6 Å². The normalized spacial score (nSPS) is 17.2. The number of halogens is 4. The molecule has 0 atom stereocenters. The molecule has 4 heterocycles. The molecular formula is C26H25ClF3N7O3S2. The fourth-order valence-corrected chi connectivity index (χ4v) is 7.14. The molecule has 2 aliphatic heterocycles. The molecule has 2 aromatic carbocycles. The maximum absolute atomic E-state index is 13.4. The van der Waals surface area contributed by atoms with Crippen LogP contribution in [0.15, 0.2) is 47.6 Å². The highest BCUT2D eigenvalue weighted by molar-refractivity contribution is 7.89. The van der Waals surface area contributed by atoms with Gasteiger partial charge in [-0.25, -0.2) is 18.4 Å². The van der Waals surface area contributed by atoms with Crippen LogP contribution in [0.2, 0.25) is 5.02 Å². The number of H-pyrrole nitrogens is 1. The number of fused-ring (bicyclic) bond motifs is 3. The molecule has 2 aromatic heterocycles. The van der Waals surface area contributed by atoms with Crippen molar-refractivity contribution in [1.29, 1.82) is 0 Å². The first-order valence-corrected chi connectivity index (χ1v) is 15.3. The van der Waals surface area contributed by atoms with Crippen molar-refractivity contribution in [2.24, 2.45) is 0 Å². The largest absolute Gasteiger partial charge is 0.417 e. The van der Waals surface area contributed by atoms with E-state index in [1.807, 2.05) is 9.80 Å². The monoisotopic (exact) mass is 639 g/mol. The fraction of sp³-hybridized carbons (Fsp3) is 0.346. The number of thiocarbonyl (C=S) groups is 1. The summed E-state index contributed by atoms with van der Waals surface area (Å²) in [5.41, 5.74) is 0.441. The number of hydrogen-bond acceptors (Lipinski definition) is 7. The average molecular weight is 640 g/mol. The maximum atomic E-state index is 13.4.